The van der Waals surface area contributed by atoms with Crippen LogP contribution in [0.1, 0.15) is 27.2 Å². The molecule has 98 valence electrons. The molecule has 6 nitrogen and oxygen atoms in total. The third-order valence-electron chi connectivity index (χ3n) is 2.40. The van der Waals surface area contributed by atoms with Crippen molar-refractivity contribution in [2.45, 2.75) is 38.8 Å². The van der Waals surface area contributed by atoms with Gasteiger partial charge in [-0.15, -0.1) is 0 Å². The molecule has 0 spiro atoms. The molecule has 1 aliphatic heterocycles. The summed E-state index contributed by atoms with van der Waals surface area (Å²) in [4.78, 5) is 24.0. The van der Waals surface area contributed by atoms with Gasteiger partial charge in [-0.3, -0.25) is 4.79 Å². The molecular weight excluding hydrogens is 222 g/mol. The highest BCUT2D eigenvalue weighted by Crippen LogP contribution is 2.15. The van der Waals surface area contributed by atoms with Crippen LogP contribution in [0.3, 0.4) is 0 Å². The Labute approximate surface area is 101 Å². The molecule has 0 aromatic heterocycles. The first-order valence-corrected chi connectivity index (χ1v) is 5.77. The topological polar surface area (TPSA) is 84.7 Å². The van der Waals surface area contributed by atoms with Crippen LogP contribution in [0.15, 0.2) is 0 Å². The van der Waals surface area contributed by atoms with Crippen LogP contribution in [0, 0.1) is 0 Å². The van der Waals surface area contributed by atoms with E-state index in [4.69, 9.17) is 10.5 Å². The lowest BCUT2D eigenvalue weighted by atomic mass is 10.2. The summed E-state index contributed by atoms with van der Waals surface area (Å²) >= 11 is 0. The van der Waals surface area contributed by atoms with E-state index in [0.29, 0.717) is 13.1 Å². The van der Waals surface area contributed by atoms with E-state index in [1.54, 1.807) is 4.90 Å². The predicted octanol–water partition coefficient (Wildman–Crippen LogP) is 0.0707. The number of carbonyl (C=O) groups excluding carboxylic acids is 2. The number of rotatable bonds is 3. The second-order valence-corrected chi connectivity index (χ2v) is 5.26. The molecule has 0 aliphatic carbocycles. The molecule has 1 saturated heterocycles. The van der Waals surface area contributed by atoms with Gasteiger partial charge in [0.05, 0.1) is 6.54 Å². The Kier molecular flexibility index (Phi) is 4.34. The first-order valence-electron chi connectivity index (χ1n) is 5.77. The molecule has 6 heteroatoms. The quantitative estimate of drug-likeness (QED) is 0.734. The van der Waals surface area contributed by atoms with E-state index in [0.717, 1.165) is 6.42 Å². The number of nitrogens with one attached hydrogen (secondary N) is 1. The average molecular weight is 243 g/mol. The van der Waals surface area contributed by atoms with E-state index < -0.39 is 5.60 Å². The second-order valence-electron chi connectivity index (χ2n) is 5.26. The fraction of sp³-hybridized carbons (Fsp3) is 0.818. The summed E-state index contributed by atoms with van der Waals surface area (Å²) in [6, 6.07) is 0.120. The fourth-order valence-electron chi connectivity index (χ4n) is 1.66. The predicted molar refractivity (Wildman–Crippen MR) is 63.4 cm³/mol. The molecule has 3 N–H and O–H groups in total. The summed E-state index contributed by atoms with van der Waals surface area (Å²) in [6.45, 7) is 6.86. The highest BCUT2D eigenvalue weighted by Gasteiger charge is 2.29. The van der Waals surface area contributed by atoms with Crippen LogP contribution >= 0.6 is 0 Å². The molecule has 0 bridgehead atoms. The molecule has 0 aromatic carbocycles. The Bertz CT molecular complexity index is 299. The number of likely N-dealkylation sites (tertiary alicyclic amines) is 1. The largest absolute Gasteiger partial charge is 0.444 e. The van der Waals surface area contributed by atoms with Crippen molar-refractivity contribution in [2.24, 2.45) is 5.73 Å². The van der Waals surface area contributed by atoms with Gasteiger partial charge in [0.25, 0.3) is 0 Å². The van der Waals surface area contributed by atoms with E-state index in [1.807, 2.05) is 20.8 Å². The molecule has 1 aliphatic rings. The number of hydrogen-bond acceptors (Lipinski definition) is 4. The minimum Gasteiger partial charge on any atom is -0.444 e. The van der Waals surface area contributed by atoms with Crippen LogP contribution in [0.25, 0.3) is 0 Å². The smallest absolute Gasteiger partial charge is 0.410 e. The molecule has 1 fully saturated rings. The number of nitrogens with two attached hydrogens (primary N) is 1. The minimum atomic E-state index is -0.476. The normalized spacial score (nSPS) is 20.4. The minimum absolute atomic E-state index is 0.120. The Morgan fingerprint density at radius 1 is 1.47 bits per heavy atom. The Morgan fingerprint density at radius 3 is 2.65 bits per heavy atom. The number of nitrogens with zero attached hydrogens (tertiary/aromatic N) is 1. The van der Waals surface area contributed by atoms with Crippen molar-refractivity contribution in [2.75, 3.05) is 19.6 Å². The summed E-state index contributed by atoms with van der Waals surface area (Å²) in [5.74, 6) is -0.388. The van der Waals surface area contributed by atoms with Crippen LogP contribution in [-0.2, 0) is 9.53 Å². The maximum Gasteiger partial charge on any atom is 0.410 e. The zero-order valence-electron chi connectivity index (χ0n) is 10.7. The molecule has 1 rings (SSSR count). The van der Waals surface area contributed by atoms with Crippen molar-refractivity contribution in [1.29, 1.82) is 0 Å². The summed E-state index contributed by atoms with van der Waals surface area (Å²) in [6.07, 6.45) is 0.507. The van der Waals surface area contributed by atoms with E-state index in [-0.39, 0.29) is 24.6 Å². The van der Waals surface area contributed by atoms with E-state index in [2.05, 4.69) is 5.32 Å². The molecule has 0 aromatic rings. The van der Waals surface area contributed by atoms with Crippen molar-refractivity contribution < 1.29 is 14.3 Å². The monoisotopic (exact) mass is 243 g/mol. The lowest BCUT2D eigenvalue weighted by Gasteiger charge is -2.24. The maximum absolute atomic E-state index is 11.7. The van der Waals surface area contributed by atoms with Crippen molar-refractivity contribution in [3.63, 3.8) is 0 Å². The van der Waals surface area contributed by atoms with Gasteiger partial charge in [0, 0.05) is 19.1 Å². The van der Waals surface area contributed by atoms with Crippen LogP contribution in [-0.4, -0.2) is 48.2 Å². The molecule has 2 amide bonds. The first kappa shape index (κ1) is 13.8. The molecular formula is C11H21N3O3. The lowest BCUT2D eigenvalue weighted by Crippen LogP contribution is -2.40. The summed E-state index contributed by atoms with van der Waals surface area (Å²) in [5.41, 5.74) is 4.57. The Morgan fingerprint density at radius 2 is 2.12 bits per heavy atom. The van der Waals surface area contributed by atoms with Crippen molar-refractivity contribution >= 4 is 12.0 Å². The highest BCUT2D eigenvalue weighted by molar-refractivity contribution is 5.76. The second kappa shape index (κ2) is 5.35. The number of hydrogen-bond donors (Lipinski definition) is 2. The fourth-order valence-corrected chi connectivity index (χ4v) is 1.66. The first-order chi connectivity index (χ1) is 7.78. The van der Waals surface area contributed by atoms with Gasteiger partial charge in [-0.25, -0.2) is 4.79 Å². The van der Waals surface area contributed by atoms with Gasteiger partial charge >= 0.3 is 6.09 Å². The van der Waals surface area contributed by atoms with Gasteiger partial charge in [-0.05, 0) is 27.2 Å². The van der Waals surface area contributed by atoms with Gasteiger partial charge in [-0.2, -0.15) is 0 Å². The SMILES string of the molecule is CC(C)(C)OC(=O)N1CCC(NCC(N)=O)C1. The molecule has 1 heterocycles. The third-order valence-corrected chi connectivity index (χ3v) is 2.40. The van der Waals surface area contributed by atoms with Crippen LogP contribution in [0.2, 0.25) is 0 Å². The number of carbonyl (C=O) groups is 2. The lowest BCUT2D eigenvalue weighted by molar-refractivity contribution is -0.117. The van der Waals surface area contributed by atoms with Crippen molar-refractivity contribution in [1.82, 2.24) is 10.2 Å². The molecule has 0 radical (unpaired) electrons. The van der Waals surface area contributed by atoms with Gasteiger partial charge in [0.2, 0.25) is 5.91 Å². The Hall–Kier alpha value is -1.30. The average Bonchev–Trinajstić information content (AvgIpc) is 2.60. The van der Waals surface area contributed by atoms with Crippen LogP contribution < -0.4 is 11.1 Å². The van der Waals surface area contributed by atoms with Gasteiger partial charge in [0.1, 0.15) is 5.60 Å². The summed E-state index contributed by atoms with van der Waals surface area (Å²) in [5, 5.41) is 3.00. The Balaban J connectivity index is 2.34. The van der Waals surface area contributed by atoms with Crippen LogP contribution in [0.5, 0.6) is 0 Å². The molecule has 1 atom stereocenters. The van der Waals surface area contributed by atoms with E-state index in [9.17, 15) is 9.59 Å². The zero-order chi connectivity index (χ0) is 13.1. The zero-order valence-corrected chi connectivity index (χ0v) is 10.7. The molecule has 1 unspecified atom stereocenters. The standard InChI is InChI=1S/C11H21N3O3/c1-11(2,3)17-10(16)14-5-4-8(7-14)13-6-9(12)15/h8,13H,4-7H2,1-3H3,(H2,12,15). The molecule has 17 heavy (non-hydrogen) atoms. The third kappa shape index (κ3) is 5.04. The van der Waals surface area contributed by atoms with Gasteiger partial charge < -0.3 is 20.7 Å². The summed E-state index contributed by atoms with van der Waals surface area (Å²) < 4.78 is 5.26. The number of ether oxygens (including phenoxy) is 1. The van der Waals surface area contributed by atoms with Gasteiger partial charge in [-0.1, -0.05) is 0 Å². The van der Waals surface area contributed by atoms with E-state index >= 15 is 0 Å². The summed E-state index contributed by atoms with van der Waals surface area (Å²) in [7, 11) is 0. The maximum atomic E-state index is 11.7. The molecule has 0 saturated carbocycles. The number of amides is 2. The van der Waals surface area contributed by atoms with Gasteiger partial charge in [0.15, 0.2) is 0 Å². The van der Waals surface area contributed by atoms with Crippen LogP contribution in [0.4, 0.5) is 4.79 Å². The van der Waals surface area contributed by atoms with E-state index in [1.165, 1.54) is 0 Å². The number of primary amides is 1. The van der Waals surface area contributed by atoms with Crippen molar-refractivity contribution in [3.05, 3.63) is 0 Å². The van der Waals surface area contributed by atoms with Crippen molar-refractivity contribution in [3.8, 4) is 0 Å². The highest BCUT2D eigenvalue weighted by atomic mass is 16.6.